The van der Waals surface area contributed by atoms with Crippen LogP contribution in [0.2, 0.25) is 0 Å². The molecular formula is C29H37N5O6. The van der Waals surface area contributed by atoms with Crippen molar-refractivity contribution in [3.8, 4) is 0 Å². The molecule has 0 spiro atoms. The predicted octanol–water partition coefficient (Wildman–Crippen LogP) is 0.858. The van der Waals surface area contributed by atoms with Gasteiger partial charge in [-0.15, -0.1) is 0 Å². The number of aliphatic hydroxyl groups is 1. The maximum atomic E-state index is 13.6. The van der Waals surface area contributed by atoms with Gasteiger partial charge in [0.2, 0.25) is 17.7 Å². The second kappa shape index (κ2) is 14.2. The van der Waals surface area contributed by atoms with E-state index in [2.05, 4.69) is 20.9 Å². The summed E-state index contributed by atoms with van der Waals surface area (Å²) in [6.07, 6.45) is 2.43. The third-order valence-corrected chi connectivity index (χ3v) is 6.96. The van der Waals surface area contributed by atoms with Crippen LogP contribution in [0.15, 0.2) is 60.8 Å². The van der Waals surface area contributed by atoms with Crippen LogP contribution < -0.4 is 21.7 Å². The molecule has 0 radical (unpaired) electrons. The molecule has 2 aromatic carbocycles. The van der Waals surface area contributed by atoms with Gasteiger partial charge in [-0.3, -0.25) is 14.4 Å². The molecule has 0 saturated carbocycles. The molecule has 0 bridgehead atoms. The van der Waals surface area contributed by atoms with E-state index in [1.165, 1.54) is 0 Å². The number of aliphatic hydroxyl groups excluding tert-OH is 1. The van der Waals surface area contributed by atoms with E-state index in [0.29, 0.717) is 6.42 Å². The lowest BCUT2D eigenvalue weighted by Crippen LogP contribution is -2.59. The molecule has 3 amide bonds. The second-order valence-corrected chi connectivity index (χ2v) is 9.87. The van der Waals surface area contributed by atoms with Crippen molar-refractivity contribution in [3.05, 3.63) is 71.9 Å². The molecule has 0 aliphatic rings. The normalized spacial score (nSPS) is 14.9. The number of carbonyl (C=O) groups is 4. The summed E-state index contributed by atoms with van der Waals surface area (Å²) in [4.78, 5) is 54.6. The molecule has 1 aromatic heterocycles. The molecule has 3 aromatic rings. The fraction of sp³-hybridized carbons (Fsp3) is 0.379. The van der Waals surface area contributed by atoms with Crippen LogP contribution in [-0.4, -0.2) is 69.7 Å². The van der Waals surface area contributed by atoms with Crippen LogP contribution in [0.4, 0.5) is 0 Å². The topological polar surface area (TPSA) is 187 Å². The lowest BCUT2D eigenvalue weighted by Gasteiger charge is -2.26. The summed E-state index contributed by atoms with van der Waals surface area (Å²) in [5.41, 5.74) is 8.03. The van der Waals surface area contributed by atoms with E-state index < -0.39 is 54.5 Å². The number of hydrogen-bond donors (Lipinski definition) is 7. The molecule has 5 atom stereocenters. The lowest BCUT2D eigenvalue weighted by atomic mass is 9.97. The standard InChI is InChI=1S/C29H37N5O6/c1-3-17(2)25(29(39)40)34-28(38)23(13-18-9-5-4-6-10-18)33-27(37)24(32-26(36)21(30)16-35)14-19-15-31-22-12-8-7-11-20(19)22/h4-12,15,17,21,23-25,31,35H,3,13-14,16,30H2,1-2H3,(H,32,36)(H,33,37)(H,34,38)(H,39,40). The van der Waals surface area contributed by atoms with Crippen molar-refractivity contribution < 1.29 is 29.4 Å². The van der Waals surface area contributed by atoms with Gasteiger partial charge in [0.1, 0.15) is 24.2 Å². The smallest absolute Gasteiger partial charge is 0.326 e. The van der Waals surface area contributed by atoms with Crippen LogP contribution >= 0.6 is 0 Å². The number of H-pyrrole nitrogens is 1. The predicted molar refractivity (Wildman–Crippen MR) is 150 cm³/mol. The van der Waals surface area contributed by atoms with E-state index in [0.717, 1.165) is 22.0 Å². The summed E-state index contributed by atoms with van der Waals surface area (Å²) in [5.74, 6) is -3.56. The highest BCUT2D eigenvalue weighted by molar-refractivity contribution is 5.95. The second-order valence-electron chi connectivity index (χ2n) is 9.87. The first kappa shape index (κ1) is 30.3. The summed E-state index contributed by atoms with van der Waals surface area (Å²) < 4.78 is 0. The Morgan fingerprint density at radius 2 is 1.48 bits per heavy atom. The van der Waals surface area contributed by atoms with Crippen LogP contribution in [0, 0.1) is 5.92 Å². The molecule has 0 aliphatic heterocycles. The van der Waals surface area contributed by atoms with E-state index in [1.807, 2.05) is 37.3 Å². The van der Waals surface area contributed by atoms with Gasteiger partial charge in [-0.25, -0.2) is 4.79 Å². The number of carboxylic acid groups (broad SMARTS) is 1. The summed E-state index contributed by atoms with van der Waals surface area (Å²) >= 11 is 0. The number of rotatable bonds is 14. The highest BCUT2D eigenvalue weighted by Crippen LogP contribution is 2.19. The number of fused-ring (bicyclic) bond motifs is 1. The van der Waals surface area contributed by atoms with Crippen LogP contribution in [-0.2, 0) is 32.0 Å². The average Bonchev–Trinajstić information content (AvgIpc) is 3.37. The van der Waals surface area contributed by atoms with Gasteiger partial charge in [0.05, 0.1) is 6.61 Å². The lowest BCUT2D eigenvalue weighted by molar-refractivity contribution is -0.143. The van der Waals surface area contributed by atoms with Crippen LogP contribution in [0.25, 0.3) is 10.9 Å². The number of para-hydroxylation sites is 1. The third kappa shape index (κ3) is 7.90. The minimum absolute atomic E-state index is 0.0734. The zero-order valence-electron chi connectivity index (χ0n) is 22.6. The number of amides is 3. The van der Waals surface area contributed by atoms with E-state index in [4.69, 9.17) is 5.73 Å². The Morgan fingerprint density at radius 3 is 2.12 bits per heavy atom. The fourth-order valence-corrected chi connectivity index (χ4v) is 4.36. The maximum Gasteiger partial charge on any atom is 0.326 e. The zero-order chi connectivity index (χ0) is 29.2. The molecule has 214 valence electrons. The Balaban J connectivity index is 1.89. The van der Waals surface area contributed by atoms with Crippen molar-refractivity contribution in [1.29, 1.82) is 0 Å². The monoisotopic (exact) mass is 551 g/mol. The fourth-order valence-electron chi connectivity index (χ4n) is 4.36. The number of aromatic nitrogens is 1. The Morgan fingerprint density at radius 1 is 0.875 bits per heavy atom. The molecule has 0 aliphatic carbocycles. The summed E-state index contributed by atoms with van der Waals surface area (Å²) in [5, 5.41) is 27.8. The number of nitrogens with two attached hydrogens (primary N) is 1. The number of hydrogen-bond acceptors (Lipinski definition) is 6. The maximum absolute atomic E-state index is 13.6. The first-order valence-electron chi connectivity index (χ1n) is 13.2. The van der Waals surface area contributed by atoms with E-state index in [1.54, 1.807) is 37.4 Å². The Labute approximate surface area is 232 Å². The summed E-state index contributed by atoms with van der Waals surface area (Å²) in [6.45, 7) is 2.94. The van der Waals surface area contributed by atoms with Crippen LogP contribution in [0.1, 0.15) is 31.4 Å². The first-order valence-corrected chi connectivity index (χ1v) is 13.2. The molecular weight excluding hydrogens is 514 g/mol. The zero-order valence-corrected chi connectivity index (χ0v) is 22.6. The Bertz CT molecular complexity index is 1310. The van der Waals surface area contributed by atoms with Gasteiger partial charge in [0.15, 0.2) is 0 Å². The van der Waals surface area contributed by atoms with Crippen molar-refractivity contribution in [2.45, 2.75) is 57.3 Å². The number of aliphatic carboxylic acids is 1. The third-order valence-electron chi connectivity index (χ3n) is 6.96. The van der Waals surface area contributed by atoms with Gasteiger partial charge in [-0.1, -0.05) is 68.8 Å². The SMILES string of the molecule is CCC(C)C(NC(=O)C(Cc1ccccc1)NC(=O)C(Cc1c[nH]c2ccccc12)NC(=O)C(N)CO)C(=O)O. The van der Waals surface area contributed by atoms with Gasteiger partial charge >= 0.3 is 5.97 Å². The quantitative estimate of drug-likeness (QED) is 0.155. The van der Waals surface area contributed by atoms with Crippen molar-refractivity contribution in [2.24, 2.45) is 11.7 Å². The molecule has 1 heterocycles. The number of carbonyl (C=O) groups excluding carboxylic acids is 3. The highest BCUT2D eigenvalue weighted by atomic mass is 16.4. The molecule has 0 fully saturated rings. The summed E-state index contributed by atoms with van der Waals surface area (Å²) in [6, 6.07) is 11.8. The van der Waals surface area contributed by atoms with Crippen molar-refractivity contribution in [1.82, 2.24) is 20.9 Å². The first-order chi connectivity index (χ1) is 19.1. The van der Waals surface area contributed by atoms with Gasteiger partial charge in [0, 0.05) is 29.9 Å². The minimum atomic E-state index is -1.24. The van der Waals surface area contributed by atoms with Crippen molar-refractivity contribution in [3.63, 3.8) is 0 Å². The molecule has 0 saturated heterocycles. The van der Waals surface area contributed by atoms with E-state index >= 15 is 0 Å². The Kier molecular flexibility index (Phi) is 10.8. The molecule has 11 nitrogen and oxygen atoms in total. The Hall–Kier alpha value is -4.22. The van der Waals surface area contributed by atoms with Gasteiger partial charge < -0.3 is 36.9 Å². The molecule has 3 rings (SSSR count). The van der Waals surface area contributed by atoms with Gasteiger partial charge in [-0.05, 0) is 23.1 Å². The number of benzene rings is 2. The molecule has 5 unspecified atom stereocenters. The van der Waals surface area contributed by atoms with Crippen molar-refractivity contribution in [2.75, 3.05) is 6.61 Å². The highest BCUT2D eigenvalue weighted by Gasteiger charge is 2.32. The number of aromatic amines is 1. The molecule has 40 heavy (non-hydrogen) atoms. The molecule has 8 N–H and O–H groups in total. The summed E-state index contributed by atoms with van der Waals surface area (Å²) in [7, 11) is 0. The largest absolute Gasteiger partial charge is 0.480 e. The average molecular weight is 552 g/mol. The van der Waals surface area contributed by atoms with Gasteiger partial charge in [0.25, 0.3) is 0 Å². The van der Waals surface area contributed by atoms with Crippen LogP contribution in [0.3, 0.4) is 0 Å². The number of carboxylic acids is 1. The molecule has 11 heteroatoms. The van der Waals surface area contributed by atoms with E-state index in [9.17, 15) is 29.4 Å². The van der Waals surface area contributed by atoms with Crippen LogP contribution in [0.5, 0.6) is 0 Å². The minimum Gasteiger partial charge on any atom is -0.480 e. The number of nitrogens with one attached hydrogen (secondary N) is 4. The van der Waals surface area contributed by atoms with Gasteiger partial charge in [-0.2, -0.15) is 0 Å². The van der Waals surface area contributed by atoms with Crippen molar-refractivity contribution >= 4 is 34.6 Å². The van der Waals surface area contributed by atoms with E-state index in [-0.39, 0.29) is 18.8 Å².